The Bertz CT molecular complexity index is 512. The Balaban J connectivity index is 2.21. The maximum atomic E-state index is 12.6. The van der Waals surface area contributed by atoms with Crippen LogP contribution in [0.3, 0.4) is 0 Å². The fourth-order valence-corrected chi connectivity index (χ4v) is 2.33. The fraction of sp³-hybridized carbons (Fsp3) is 0.467. The molecular formula is C15H20N2O3. The molecule has 1 fully saturated rings. The number of nitrogens with two attached hydrogens (primary N) is 1. The third-order valence-corrected chi connectivity index (χ3v) is 3.76. The van der Waals surface area contributed by atoms with Crippen LogP contribution in [0.15, 0.2) is 24.3 Å². The molecule has 1 aliphatic carbocycles. The summed E-state index contributed by atoms with van der Waals surface area (Å²) in [5, 5.41) is 8.85. The molecule has 1 unspecified atom stereocenters. The summed E-state index contributed by atoms with van der Waals surface area (Å²) in [6.07, 6.45) is 2.06. The van der Waals surface area contributed by atoms with Crippen molar-refractivity contribution in [1.82, 2.24) is 0 Å². The van der Waals surface area contributed by atoms with Crippen LogP contribution in [0.1, 0.15) is 26.2 Å². The van der Waals surface area contributed by atoms with E-state index in [0.29, 0.717) is 17.3 Å². The zero-order valence-corrected chi connectivity index (χ0v) is 11.6. The molecule has 3 N–H and O–H groups in total. The SMILES string of the molecule is CC(C(=O)N(CCC(=O)O)c1ccccc1N)C1CC1. The largest absolute Gasteiger partial charge is 0.481 e. The van der Waals surface area contributed by atoms with Gasteiger partial charge in [-0.1, -0.05) is 19.1 Å². The van der Waals surface area contributed by atoms with Crippen LogP contribution in [-0.4, -0.2) is 23.5 Å². The third kappa shape index (κ3) is 3.29. The molecule has 1 amide bonds. The molecule has 0 saturated heterocycles. The molecule has 0 spiro atoms. The summed E-state index contributed by atoms with van der Waals surface area (Å²) in [5.41, 5.74) is 7.01. The zero-order chi connectivity index (χ0) is 14.7. The molecule has 108 valence electrons. The summed E-state index contributed by atoms with van der Waals surface area (Å²) in [7, 11) is 0. The van der Waals surface area contributed by atoms with E-state index >= 15 is 0 Å². The van der Waals surface area contributed by atoms with E-state index in [1.807, 2.05) is 6.92 Å². The van der Waals surface area contributed by atoms with Crippen molar-refractivity contribution in [1.29, 1.82) is 0 Å². The van der Waals surface area contributed by atoms with Gasteiger partial charge in [0.1, 0.15) is 0 Å². The van der Waals surface area contributed by atoms with Gasteiger partial charge in [0.05, 0.1) is 17.8 Å². The highest BCUT2D eigenvalue weighted by Crippen LogP contribution is 2.38. The molecule has 0 radical (unpaired) electrons. The van der Waals surface area contributed by atoms with Crippen LogP contribution in [0.5, 0.6) is 0 Å². The van der Waals surface area contributed by atoms with Gasteiger partial charge in [-0.2, -0.15) is 0 Å². The number of hydrogen-bond donors (Lipinski definition) is 2. The number of nitrogen functional groups attached to an aromatic ring is 1. The number of para-hydroxylation sites is 2. The average molecular weight is 276 g/mol. The number of aliphatic carboxylic acids is 1. The first-order valence-corrected chi connectivity index (χ1v) is 6.88. The summed E-state index contributed by atoms with van der Waals surface area (Å²) < 4.78 is 0. The molecule has 0 bridgehead atoms. The van der Waals surface area contributed by atoms with Gasteiger partial charge in [0, 0.05) is 12.5 Å². The van der Waals surface area contributed by atoms with Crippen molar-refractivity contribution in [2.45, 2.75) is 26.2 Å². The quantitative estimate of drug-likeness (QED) is 0.779. The van der Waals surface area contributed by atoms with Gasteiger partial charge in [-0.3, -0.25) is 9.59 Å². The Labute approximate surface area is 118 Å². The van der Waals surface area contributed by atoms with Gasteiger partial charge in [-0.05, 0) is 30.9 Å². The van der Waals surface area contributed by atoms with E-state index in [1.165, 1.54) is 4.90 Å². The van der Waals surface area contributed by atoms with Gasteiger partial charge < -0.3 is 15.7 Å². The van der Waals surface area contributed by atoms with Crippen molar-refractivity contribution in [2.75, 3.05) is 17.2 Å². The monoisotopic (exact) mass is 276 g/mol. The predicted octanol–water partition coefficient (Wildman–Crippen LogP) is 2.12. The highest BCUT2D eigenvalue weighted by molar-refractivity contribution is 5.98. The lowest BCUT2D eigenvalue weighted by molar-refractivity contribution is -0.136. The molecule has 1 atom stereocenters. The number of amides is 1. The van der Waals surface area contributed by atoms with Crippen molar-refractivity contribution < 1.29 is 14.7 Å². The van der Waals surface area contributed by atoms with Gasteiger partial charge in [-0.25, -0.2) is 0 Å². The summed E-state index contributed by atoms with van der Waals surface area (Å²) in [6.45, 7) is 2.06. The van der Waals surface area contributed by atoms with Gasteiger partial charge in [-0.15, -0.1) is 0 Å². The molecule has 0 heterocycles. The number of carbonyl (C=O) groups is 2. The second-order valence-corrected chi connectivity index (χ2v) is 5.32. The lowest BCUT2D eigenvalue weighted by Gasteiger charge is -2.26. The minimum atomic E-state index is -0.920. The first-order chi connectivity index (χ1) is 9.50. The van der Waals surface area contributed by atoms with Gasteiger partial charge >= 0.3 is 5.97 Å². The van der Waals surface area contributed by atoms with E-state index in [0.717, 1.165) is 12.8 Å². The van der Waals surface area contributed by atoms with E-state index in [-0.39, 0.29) is 24.8 Å². The Kier molecular flexibility index (Phi) is 4.27. The highest BCUT2D eigenvalue weighted by Gasteiger charge is 2.35. The minimum absolute atomic E-state index is 0.0355. The Morgan fingerprint density at radius 3 is 2.60 bits per heavy atom. The molecule has 20 heavy (non-hydrogen) atoms. The maximum absolute atomic E-state index is 12.6. The summed E-state index contributed by atoms with van der Waals surface area (Å²) in [6, 6.07) is 7.07. The number of carboxylic acid groups (broad SMARTS) is 1. The minimum Gasteiger partial charge on any atom is -0.481 e. The van der Waals surface area contributed by atoms with Crippen LogP contribution in [-0.2, 0) is 9.59 Å². The molecule has 1 aromatic carbocycles. The van der Waals surface area contributed by atoms with Gasteiger partial charge in [0.15, 0.2) is 0 Å². The van der Waals surface area contributed by atoms with Crippen LogP contribution in [0.2, 0.25) is 0 Å². The van der Waals surface area contributed by atoms with Crippen molar-refractivity contribution in [3.8, 4) is 0 Å². The summed E-state index contributed by atoms with van der Waals surface area (Å²) in [5.74, 6) is -0.605. The van der Waals surface area contributed by atoms with Crippen molar-refractivity contribution in [3.63, 3.8) is 0 Å². The number of nitrogens with zero attached hydrogens (tertiary/aromatic N) is 1. The maximum Gasteiger partial charge on any atom is 0.305 e. The lowest BCUT2D eigenvalue weighted by Crippen LogP contribution is -2.38. The lowest BCUT2D eigenvalue weighted by atomic mass is 10.0. The second kappa shape index (κ2) is 5.94. The standard InChI is InChI=1S/C15H20N2O3/c1-10(11-6-7-11)15(20)17(9-8-14(18)19)13-5-3-2-4-12(13)16/h2-5,10-11H,6-9,16H2,1H3,(H,18,19). The van der Waals surface area contributed by atoms with Crippen molar-refractivity contribution in [2.24, 2.45) is 11.8 Å². The molecule has 5 heteroatoms. The van der Waals surface area contributed by atoms with Crippen LogP contribution >= 0.6 is 0 Å². The highest BCUT2D eigenvalue weighted by atomic mass is 16.4. The molecule has 5 nitrogen and oxygen atoms in total. The first-order valence-electron chi connectivity index (χ1n) is 6.88. The van der Waals surface area contributed by atoms with Gasteiger partial charge in [0.2, 0.25) is 5.91 Å². The van der Waals surface area contributed by atoms with Crippen LogP contribution in [0, 0.1) is 11.8 Å². The first kappa shape index (κ1) is 14.4. The zero-order valence-electron chi connectivity index (χ0n) is 11.6. The van der Waals surface area contributed by atoms with E-state index in [1.54, 1.807) is 24.3 Å². The van der Waals surface area contributed by atoms with E-state index < -0.39 is 5.97 Å². The number of hydrogen-bond acceptors (Lipinski definition) is 3. The fourth-order valence-electron chi connectivity index (χ4n) is 2.33. The van der Waals surface area contributed by atoms with E-state index in [9.17, 15) is 9.59 Å². The summed E-state index contributed by atoms with van der Waals surface area (Å²) >= 11 is 0. The molecule has 1 aliphatic rings. The molecule has 1 aromatic rings. The van der Waals surface area contributed by atoms with Crippen LogP contribution < -0.4 is 10.6 Å². The molecule has 2 rings (SSSR count). The Morgan fingerprint density at radius 1 is 1.40 bits per heavy atom. The van der Waals surface area contributed by atoms with Crippen LogP contribution in [0.4, 0.5) is 11.4 Å². The Hall–Kier alpha value is -2.04. The third-order valence-electron chi connectivity index (χ3n) is 3.76. The van der Waals surface area contributed by atoms with E-state index in [4.69, 9.17) is 10.8 Å². The average Bonchev–Trinajstić information content (AvgIpc) is 3.23. The second-order valence-electron chi connectivity index (χ2n) is 5.32. The normalized spacial score (nSPS) is 15.7. The molecule has 1 saturated carbocycles. The topological polar surface area (TPSA) is 83.6 Å². The van der Waals surface area contributed by atoms with Gasteiger partial charge in [0.25, 0.3) is 0 Å². The molecular weight excluding hydrogens is 256 g/mol. The van der Waals surface area contributed by atoms with Crippen molar-refractivity contribution in [3.05, 3.63) is 24.3 Å². The number of anilines is 2. The molecule has 0 aliphatic heterocycles. The van der Waals surface area contributed by atoms with Crippen molar-refractivity contribution >= 4 is 23.3 Å². The summed E-state index contributed by atoms with van der Waals surface area (Å²) in [4.78, 5) is 24.9. The number of carbonyl (C=O) groups excluding carboxylic acids is 1. The predicted molar refractivity (Wildman–Crippen MR) is 77.3 cm³/mol. The number of carboxylic acids is 1. The smallest absolute Gasteiger partial charge is 0.305 e. The van der Waals surface area contributed by atoms with Crippen LogP contribution in [0.25, 0.3) is 0 Å². The molecule has 0 aromatic heterocycles. The number of benzene rings is 1. The number of rotatable bonds is 6. The Morgan fingerprint density at radius 2 is 2.05 bits per heavy atom. The van der Waals surface area contributed by atoms with E-state index in [2.05, 4.69) is 0 Å².